The molecule has 4 aromatic rings. The van der Waals surface area contributed by atoms with Crippen molar-refractivity contribution in [2.75, 3.05) is 17.2 Å². The SMILES string of the molecule is Cl.N#Cc1c(-c2cccc(NC(=O)CC3CCCN3)c2)cc(-c2ccc(F)cc2O)nc1NC(=O)c1ccco1. The van der Waals surface area contributed by atoms with Gasteiger partial charge in [-0.1, -0.05) is 12.1 Å². The lowest BCUT2D eigenvalue weighted by Crippen LogP contribution is -2.27. The van der Waals surface area contributed by atoms with Crippen LogP contribution in [0.15, 0.2) is 71.3 Å². The minimum absolute atomic E-state index is 0. The predicted octanol–water partition coefficient (Wildman–Crippen LogP) is 5.48. The van der Waals surface area contributed by atoms with E-state index in [2.05, 4.69) is 27.0 Å². The van der Waals surface area contributed by atoms with Crippen molar-refractivity contribution in [3.8, 4) is 34.2 Å². The molecule has 0 saturated carbocycles. The van der Waals surface area contributed by atoms with Gasteiger partial charge in [0, 0.05) is 35.3 Å². The van der Waals surface area contributed by atoms with Crippen LogP contribution in [-0.4, -0.2) is 34.5 Å². The number of aromatic nitrogens is 1. The average molecular weight is 562 g/mol. The number of rotatable bonds is 7. The Kier molecular flexibility index (Phi) is 8.79. The van der Waals surface area contributed by atoms with Gasteiger partial charge in [-0.25, -0.2) is 9.37 Å². The van der Waals surface area contributed by atoms with Crippen LogP contribution >= 0.6 is 12.4 Å². The maximum atomic E-state index is 13.7. The van der Waals surface area contributed by atoms with Gasteiger partial charge in [0.15, 0.2) is 11.6 Å². The van der Waals surface area contributed by atoms with Gasteiger partial charge in [-0.15, -0.1) is 12.4 Å². The summed E-state index contributed by atoms with van der Waals surface area (Å²) in [5.74, 6) is -1.81. The molecular weight excluding hydrogens is 537 g/mol. The first-order valence-electron chi connectivity index (χ1n) is 12.3. The highest BCUT2D eigenvalue weighted by molar-refractivity contribution is 6.03. The van der Waals surface area contributed by atoms with E-state index in [9.17, 15) is 24.3 Å². The van der Waals surface area contributed by atoms with Crippen LogP contribution in [0.4, 0.5) is 15.9 Å². The van der Waals surface area contributed by atoms with Crippen molar-refractivity contribution in [2.45, 2.75) is 25.3 Å². The molecule has 1 unspecified atom stereocenters. The topological polar surface area (TPSA) is 140 Å². The van der Waals surface area contributed by atoms with Crippen molar-refractivity contribution in [1.29, 1.82) is 5.26 Å². The first-order chi connectivity index (χ1) is 18.9. The van der Waals surface area contributed by atoms with Crippen LogP contribution in [-0.2, 0) is 4.79 Å². The molecule has 0 bridgehead atoms. The molecule has 2 aromatic heterocycles. The van der Waals surface area contributed by atoms with Crippen LogP contribution in [0.5, 0.6) is 5.75 Å². The summed E-state index contributed by atoms with van der Waals surface area (Å²) < 4.78 is 18.8. The minimum Gasteiger partial charge on any atom is -0.507 e. The molecule has 5 rings (SSSR count). The number of carbonyl (C=O) groups excluding carboxylic acids is 2. The summed E-state index contributed by atoms with van der Waals surface area (Å²) in [5.41, 5.74) is 1.92. The molecular formula is C29H25ClFN5O4. The van der Waals surface area contributed by atoms with E-state index in [1.54, 1.807) is 36.4 Å². The number of nitriles is 1. The van der Waals surface area contributed by atoms with Crippen LogP contribution < -0.4 is 16.0 Å². The molecule has 204 valence electrons. The van der Waals surface area contributed by atoms with Crippen molar-refractivity contribution in [3.63, 3.8) is 0 Å². The van der Waals surface area contributed by atoms with Gasteiger partial charge in [-0.05, 0) is 67.4 Å². The summed E-state index contributed by atoms with van der Waals surface area (Å²) in [6, 6.07) is 17.2. The number of phenolic OH excluding ortho intramolecular Hbond substituents is 1. The zero-order valence-electron chi connectivity index (χ0n) is 21.1. The molecule has 1 aliphatic heterocycles. The highest BCUT2D eigenvalue weighted by Gasteiger charge is 2.21. The maximum Gasteiger partial charge on any atom is 0.292 e. The summed E-state index contributed by atoms with van der Waals surface area (Å²) in [7, 11) is 0. The molecule has 0 spiro atoms. The number of aromatic hydroxyl groups is 1. The summed E-state index contributed by atoms with van der Waals surface area (Å²) in [6.07, 6.45) is 3.67. The number of furan rings is 1. The number of nitrogens with zero attached hydrogens (tertiary/aromatic N) is 2. The standard InChI is InChI=1S/C29H24FN5O4.ClH/c30-18-8-9-21(25(36)13-18)24-15-22(23(16-31)28(34-24)35-29(38)26-7-3-11-39-26)17-4-1-5-20(12-17)33-27(37)14-19-6-2-10-32-19;/h1,3-5,7-9,11-13,15,19,32,36H,2,6,10,14H2,(H,33,37)(H,34,35,38);1H. The molecule has 2 aromatic carbocycles. The Morgan fingerprint density at radius 3 is 2.67 bits per heavy atom. The molecule has 11 heteroatoms. The smallest absolute Gasteiger partial charge is 0.292 e. The molecule has 40 heavy (non-hydrogen) atoms. The predicted molar refractivity (Wildman–Crippen MR) is 150 cm³/mol. The normalized spacial score (nSPS) is 14.2. The van der Waals surface area contributed by atoms with E-state index in [1.807, 2.05) is 0 Å². The summed E-state index contributed by atoms with van der Waals surface area (Å²) >= 11 is 0. The fourth-order valence-corrected chi connectivity index (χ4v) is 4.54. The van der Waals surface area contributed by atoms with Crippen molar-refractivity contribution >= 4 is 35.7 Å². The average Bonchev–Trinajstić information content (AvgIpc) is 3.63. The minimum atomic E-state index is -0.632. The third kappa shape index (κ3) is 6.29. The zero-order chi connectivity index (χ0) is 27.4. The summed E-state index contributed by atoms with van der Waals surface area (Å²) in [5, 5.41) is 29.3. The molecule has 1 saturated heterocycles. The number of amides is 2. The lowest BCUT2D eigenvalue weighted by atomic mass is 9.97. The molecule has 9 nitrogen and oxygen atoms in total. The van der Waals surface area contributed by atoms with Crippen LogP contribution in [0.2, 0.25) is 0 Å². The Balaban J connectivity index is 0.00000370. The number of pyridine rings is 1. The quantitative estimate of drug-likeness (QED) is 0.234. The van der Waals surface area contributed by atoms with Crippen LogP contribution in [0, 0.1) is 17.1 Å². The second kappa shape index (κ2) is 12.4. The third-order valence-electron chi connectivity index (χ3n) is 6.40. The number of hydrogen-bond donors (Lipinski definition) is 4. The number of benzene rings is 2. The first-order valence-corrected chi connectivity index (χ1v) is 12.3. The molecule has 1 atom stereocenters. The Bertz CT molecular complexity index is 1580. The largest absolute Gasteiger partial charge is 0.507 e. The van der Waals surface area contributed by atoms with Crippen molar-refractivity contribution in [2.24, 2.45) is 0 Å². The molecule has 1 fully saturated rings. The van der Waals surface area contributed by atoms with Gasteiger partial charge in [0.25, 0.3) is 5.91 Å². The Morgan fingerprint density at radius 2 is 1.98 bits per heavy atom. The monoisotopic (exact) mass is 561 g/mol. The maximum absolute atomic E-state index is 13.7. The molecule has 4 N–H and O–H groups in total. The lowest BCUT2D eigenvalue weighted by Gasteiger charge is -2.15. The fraction of sp³-hybridized carbons (Fsp3) is 0.172. The number of nitrogens with one attached hydrogen (secondary N) is 3. The van der Waals surface area contributed by atoms with Crippen LogP contribution in [0.25, 0.3) is 22.4 Å². The van der Waals surface area contributed by atoms with Crippen molar-refractivity contribution in [3.05, 3.63) is 84.1 Å². The van der Waals surface area contributed by atoms with Gasteiger partial charge in [0.2, 0.25) is 5.91 Å². The van der Waals surface area contributed by atoms with Gasteiger partial charge < -0.3 is 25.5 Å². The van der Waals surface area contributed by atoms with Gasteiger partial charge >= 0.3 is 0 Å². The number of hydrogen-bond acceptors (Lipinski definition) is 7. The van der Waals surface area contributed by atoms with E-state index in [0.717, 1.165) is 25.5 Å². The van der Waals surface area contributed by atoms with E-state index in [-0.39, 0.29) is 58.5 Å². The van der Waals surface area contributed by atoms with Gasteiger partial charge in [0.05, 0.1) is 12.0 Å². The number of phenols is 1. The fourth-order valence-electron chi connectivity index (χ4n) is 4.54. The van der Waals surface area contributed by atoms with E-state index in [4.69, 9.17) is 4.42 Å². The molecule has 2 amide bonds. The molecule has 0 aliphatic carbocycles. The van der Waals surface area contributed by atoms with Crippen LogP contribution in [0.1, 0.15) is 35.4 Å². The Hall–Kier alpha value is -4.72. The van der Waals surface area contributed by atoms with Crippen molar-refractivity contribution in [1.82, 2.24) is 10.3 Å². The second-order valence-electron chi connectivity index (χ2n) is 9.11. The third-order valence-corrected chi connectivity index (χ3v) is 6.40. The number of halogens is 2. The van der Waals surface area contributed by atoms with Gasteiger partial charge in [-0.2, -0.15) is 5.26 Å². The van der Waals surface area contributed by atoms with E-state index in [0.29, 0.717) is 23.2 Å². The highest BCUT2D eigenvalue weighted by atomic mass is 35.5. The second-order valence-corrected chi connectivity index (χ2v) is 9.11. The van der Waals surface area contributed by atoms with Gasteiger partial charge in [0.1, 0.15) is 23.2 Å². The van der Waals surface area contributed by atoms with E-state index >= 15 is 0 Å². The Labute approximate surface area is 235 Å². The number of carbonyl (C=O) groups is 2. The van der Waals surface area contributed by atoms with Crippen LogP contribution in [0.3, 0.4) is 0 Å². The number of anilines is 2. The molecule has 0 radical (unpaired) electrons. The Morgan fingerprint density at radius 1 is 1.12 bits per heavy atom. The van der Waals surface area contributed by atoms with Crippen molar-refractivity contribution < 1.29 is 23.5 Å². The van der Waals surface area contributed by atoms with Gasteiger partial charge in [-0.3, -0.25) is 9.59 Å². The highest BCUT2D eigenvalue weighted by Crippen LogP contribution is 2.36. The first kappa shape index (κ1) is 28.3. The van der Waals surface area contributed by atoms with E-state index in [1.165, 1.54) is 24.5 Å². The molecule has 1 aliphatic rings. The summed E-state index contributed by atoms with van der Waals surface area (Å²) in [4.78, 5) is 29.8. The lowest BCUT2D eigenvalue weighted by molar-refractivity contribution is -0.116. The summed E-state index contributed by atoms with van der Waals surface area (Å²) in [6.45, 7) is 0.900. The molecule has 3 heterocycles. The van der Waals surface area contributed by atoms with E-state index < -0.39 is 11.7 Å². The zero-order valence-corrected chi connectivity index (χ0v) is 21.9.